The minimum Gasteiger partial charge on any atom is -0.454 e. The van der Waals surface area contributed by atoms with Gasteiger partial charge in [-0.15, -0.1) is 0 Å². The van der Waals surface area contributed by atoms with Crippen LogP contribution in [0.4, 0.5) is 0 Å². The van der Waals surface area contributed by atoms with E-state index in [0.29, 0.717) is 12.8 Å². The zero-order valence-corrected chi connectivity index (χ0v) is 51.2. The van der Waals surface area contributed by atoms with Crippen LogP contribution in [0.25, 0.3) is 0 Å². The van der Waals surface area contributed by atoms with Gasteiger partial charge in [-0.2, -0.15) is 0 Å². The molecule has 0 aromatic heterocycles. The Morgan fingerprint density at radius 2 is 0.873 bits per heavy atom. The molecule has 0 aliphatic carbocycles. The monoisotopic (exact) mass is 1120 g/mol. The lowest BCUT2D eigenvalue weighted by atomic mass is 9.99. The van der Waals surface area contributed by atoms with Crippen LogP contribution in [0, 0.1) is 0 Å². The summed E-state index contributed by atoms with van der Waals surface area (Å²) in [5.74, 6) is -1.19. The first kappa shape index (κ1) is 74.6. The van der Waals surface area contributed by atoms with Crippen molar-refractivity contribution in [1.82, 2.24) is 5.32 Å². The fraction of sp³-hybridized carbons (Fsp3) is 0.853. The number of nitrogens with one attached hydrogen (secondary N) is 1. The van der Waals surface area contributed by atoms with E-state index in [0.717, 1.165) is 83.5 Å². The van der Waals surface area contributed by atoms with Crippen molar-refractivity contribution in [3.63, 3.8) is 0 Å². The number of unbranched alkanes of at least 4 members (excludes halogenated alkanes) is 37. The van der Waals surface area contributed by atoms with E-state index in [-0.39, 0.29) is 19.4 Å². The Hall–Kier alpha value is -2.38. The van der Waals surface area contributed by atoms with Crippen molar-refractivity contribution in [2.24, 2.45) is 0 Å². The molecule has 1 heterocycles. The van der Waals surface area contributed by atoms with Crippen molar-refractivity contribution in [3.8, 4) is 0 Å². The molecule has 79 heavy (non-hydrogen) atoms. The summed E-state index contributed by atoms with van der Waals surface area (Å²) in [6.45, 7) is 5.79. The normalized spacial score (nSPS) is 19.1. The van der Waals surface area contributed by atoms with Gasteiger partial charge in [-0.3, -0.25) is 9.59 Å². The predicted molar refractivity (Wildman–Crippen MR) is 329 cm³/mol. The van der Waals surface area contributed by atoms with Gasteiger partial charge in [0, 0.05) is 6.42 Å². The molecule has 462 valence electrons. The molecule has 8 unspecified atom stereocenters. The number of aliphatic hydroxyl groups is 5. The summed E-state index contributed by atoms with van der Waals surface area (Å²) >= 11 is 0. The van der Waals surface area contributed by atoms with Gasteiger partial charge in [-0.25, -0.2) is 0 Å². The van der Waals surface area contributed by atoms with Crippen molar-refractivity contribution in [2.75, 3.05) is 13.2 Å². The minimum atomic E-state index is -1.61. The second kappa shape index (κ2) is 56.1. The highest BCUT2D eigenvalue weighted by molar-refractivity contribution is 5.80. The van der Waals surface area contributed by atoms with Crippen LogP contribution >= 0.6 is 0 Å². The lowest BCUT2D eigenvalue weighted by Gasteiger charge is -2.41. The van der Waals surface area contributed by atoms with Crippen LogP contribution < -0.4 is 5.32 Å². The smallest absolute Gasteiger partial charge is 0.306 e. The van der Waals surface area contributed by atoms with Gasteiger partial charge >= 0.3 is 5.97 Å². The molecule has 0 saturated carbocycles. The Morgan fingerprint density at radius 3 is 1.33 bits per heavy atom. The van der Waals surface area contributed by atoms with Crippen molar-refractivity contribution < 1.29 is 49.3 Å². The summed E-state index contributed by atoms with van der Waals surface area (Å²) in [6, 6.07) is -1.03. The molecule has 1 amide bonds. The molecular formula is C68H125NO10. The van der Waals surface area contributed by atoms with Crippen molar-refractivity contribution in [1.29, 1.82) is 0 Å². The van der Waals surface area contributed by atoms with Crippen molar-refractivity contribution >= 4 is 11.9 Å². The number of ether oxygens (including phenoxy) is 3. The lowest BCUT2D eigenvalue weighted by Crippen LogP contribution is -2.61. The fourth-order valence-corrected chi connectivity index (χ4v) is 10.4. The highest BCUT2D eigenvalue weighted by Crippen LogP contribution is 2.26. The molecule has 0 bridgehead atoms. The zero-order valence-electron chi connectivity index (χ0n) is 51.2. The third-order valence-corrected chi connectivity index (χ3v) is 15.7. The number of rotatable bonds is 57. The maximum atomic E-state index is 13.5. The third-order valence-electron chi connectivity index (χ3n) is 15.7. The number of carbonyl (C=O) groups is 2. The third kappa shape index (κ3) is 43.9. The second-order valence-corrected chi connectivity index (χ2v) is 23.2. The number of allylic oxidation sites excluding steroid dienone is 7. The van der Waals surface area contributed by atoms with E-state index in [1.807, 2.05) is 6.08 Å². The largest absolute Gasteiger partial charge is 0.454 e. The molecule has 1 aliphatic heterocycles. The molecule has 0 radical (unpaired) electrons. The van der Waals surface area contributed by atoms with Crippen LogP contribution in [0.1, 0.15) is 310 Å². The van der Waals surface area contributed by atoms with E-state index in [4.69, 9.17) is 14.2 Å². The molecule has 1 fully saturated rings. The van der Waals surface area contributed by atoms with E-state index < -0.39 is 67.4 Å². The van der Waals surface area contributed by atoms with E-state index in [9.17, 15) is 35.1 Å². The summed E-state index contributed by atoms with van der Waals surface area (Å²) < 4.78 is 17.7. The average Bonchev–Trinajstić information content (AvgIpc) is 3.49. The molecule has 8 atom stereocenters. The van der Waals surface area contributed by atoms with Gasteiger partial charge in [0.1, 0.15) is 24.4 Å². The second-order valence-electron chi connectivity index (χ2n) is 23.2. The van der Waals surface area contributed by atoms with Crippen molar-refractivity contribution in [2.45, 2.75) is 359 Å². The summed E-state index contributed by atoms with van der Waals surface area (Å²) in [4.78, 5) is 26.6. The molecule has 6 N–H and O–H groups in total. The maximum absolute atomic E-state index is 13.5. The van der Waals surface area contributed by atoms with Crippen LogP contribution in [0.15, 0.2) is 48.6 Å². The van der Waals surface area contributed by atoms with E-state index in [2.05, 4.69) is 62.5 Å². The number of hydrogen-bond donors (Lipinski definition) is 6. The van der Waals surface area contributed by atoms with Crippen LogP contribution in [-0.2, 0) is 23.8 Å². The Labute approximate surface area is 485 Å². The minimum absolute atomic E-state index is 0.120. The molecule has 0 aromatic rings. The van der Waals surface area contributed by atoms with Crippen molar-refractivity contribution in [3.05, 3.63) is 48.6 Å². The number of amides is 1. The number of hydrogen-bond acceptors (Lipinski definition) is 10. The zero-order chi connectivity index (χ0) is 57.5. The molecule has 0 spiro atoms. The van der Waals surface area contributed by atoms with Gasteiger partial charge in [0.2, 0.25) is 5.91 Å². The van der Waals surface area contributed by atoms with E-state index in [1.54, 1.807) is 6.08 Å². The van der Waals surface area contributed by atoms with Gasteiger partial charge in [0.05, 0.1) is 25.4 Å². The standard InChI is InChI=1S/C68H125NO10/c1-4-7-10-13-16-19-22-25-27-29-30-31-33-34-37-40-43-46-49-52-55-61(72)67(76)69-59(60(71)54-51-48-45-42-39-36-24-21-18-15-12-9-6-3)58-77-68-66(65(75)64(74)62(57-70)78-68)79-63(73)56-53-50-47-44-41-38-35-32-28-26-23-20-17-14-11-8-5-2/h16,19,25-28,51,54,59-62,64-66,68,70-72,74-75H,4-15,17-18,20-24,29-50,52-53,55-58H2,1-3H3,(H,69,76)/b19-16-,27-25-,28-26+,54-51+. The van der Waals surface area contributed by atoms with Crippen LogP contribution in [0.2, 0.25) is 0 Å². The van der Waals surface area contributed by atoms with E-state index >= 15 is 0 Å². The molecule has 1 aliphatic rings. The summed E-state index contributed by atoms with van der Waals surface area (Å²) in [7, 11) is 0. The molecule has 1 saturated heterocycles. The van der Waals surface area contributed by atoms with Gasteiger partial charge in [0.25, 0.3) is 0 Å². The molecule has 1 rings (SSSR count). The average molecular weight is 1120 g/mol. The van der Waals surface area contributed by atoms with Gasteiger partial charge < -0.3 is 45.1 Å². The summed E-state index contributed by atoms with van der Waals surface area (Å²) in [6.07, 6.45) is 58.5. The van der Waals surface area contributed by atoms with Gasteiger partial charge in [0.15, 0.2) is 12.4 Å². The SMILES string of the molecule is CCCCC/C=C\C/C=C\CCCCCCCCCCCCC(O)C(=O)NC(COC1OC(CO)C(O)C(O)C1OC(=O)CCCCCCCCC/C=C/CCCCCCCC)C(O)/C=C/CCCCCCCCCCCCC. The maximum Gasteiger partial charge on any atom is 0.306 e. The predicted octanol–water partition coefficient (Wildman–Crippen LogP) is 16.4. The quantitative estimate of drug-likeness (QED) is 0.0195. The molecule has 0 aromatic carbocycles. The highest BCUT2D eigenvalue weighted by atomic mass is 16.7. The molecule has 11 nitrogen and oxygen atoms in total. The van der Waals surface area contributed by atoms with E-state index in [1.165, 1.54) is 180 Å². The topological polar surface area (TPSA) is 175 Å². The lowest BCUT2D eigenvalue weighted by molar-refractivity contribution is -0.305. The summed E-state index contributed by atoms with van der Waals surface area (Å²) in [5.41, 5.74) is 0. The van der Waals surface area contributed by atoms with Crippen LogP contribution in [0.5, 0.6) is 0 Å². The number of aliphatic hydroxyl groups excluding tert-OH is 5. The van der Waals surface area contributed by atoms with Crippen LogP contribution in [-0.4, -0.2) is 99.6 Å². The number of carbonyl (C=O) groups excluding carboxylic acids is 2. The first-order valence-corrected chi connectivity index (χ1v) is 33.4. The molecule has 11 heteroatoms. The Bertz CT molecular complexity index is 1470. The van der Waals surface area contributed by atoms with Crippen LogP contribution in [0.3, 0.4) is 0 Å². The van der Waals surface area contributed by atoms with Gasteiger partial charge in [-0.05, 0) is 83.5 Å². The Morgan fingerprint density at radius 1 is 0.494 bits per heavy atom. The first-order valence-electron chi connectivity index (χ1n) is 33.4. The Kier molecular flexibility index (Phi) is 53.0. The summed E-state index contributed by atoms with van der Waals surface area (Å²) in [5, 5.41) is 57.1. The number of esters is 1. The first-order chi connectivity index (χ1) is 38.7. The molecular weight excluding hydrogens is 991 g/mol. The highest BCUT2D eigenvalue weighted by Gasteiger charge is 2.47. The fourth-order valence-electron chi connectivity index (χ4n) is 10.4. The Balaban J connectivity index is 2.65. The van der Waals surface area contributed by atoms with Gasteiger partial charge in [-0.1, -0.05) is 268 Å².